The van der Waals surface area contributed by atoms with E-state index in [0.29, 0.717) is 18.5 Å². The van der Waals surface area contributed by atoms with E-state index in [1.54, 1.807) is 12.4 Å². The number of carbonyl (C=O) groups excluding carboxylic acids is 1. The number of amides is 1. The predicted octanol–water partition coefficient (Wildman–Crippen LogP) is 2.26. The Labute approximate surface area is 145 Å². The third-order valence-electron chi connectivity index (χ3n) is 4.94. The third kappa shape index (κ3) is 2.78. The molecule has 1 aliphatic rings. The molecule has 6 nitrogen and oxygen atoms in total. The van der Waals surface area contributed by atoms with Crippen molar-refractivity contribution in [3.05, 3.63) is 54.0 Å². The average Bonchev–Trinajstić information content (AvgIpc) is 3.34. The van der Waals surface area contributed by atoms with Gasteiger partial charge in [-0.05, 0) is 18.1 Å². The van der Waals surface area contributed by atoms with Crippen LogP contribution in [0.5, 0.6) is 0 Å². The van der Waals surface area contributed by atoms with Crippen LogP contribution in [0.2, 0.25) is 0 Å². The van der Waals surface area contributed by atoms with Gasteiger partial charge in [0.05, 0.1) is 24.2 Å². The summed E-state index contributed by atoms with van der Waals surface area (Å²) in [4.78, 5) is 14.6. The van der Waals surface area contributed by atoms with E-state index >= 15 is 0 Å². The number of aryl methyl sites for hydroxylation is 1. The normalized spacial score (nSPS) is 17.1. The van der Waals surface area contributed by atoms with Gasteiger partial charge in [0.15, 0.2) is 0 Å². The summed E-state index contributed by atoms with van der Waals surface area (Å²) in [6, 6.07) is 10.4. The Morgan fingerprint density at radius 1 is 1.36 bits per heavy atom. The minimum Gasteiger partial charge on any atom is -0.350 e. The van der Waals surface area contributed by atoms with Crippen molar-refractivity contribution in [1.82, 2.24) is 19.2 Å². The number of hydrogen-bond donors (Lipinski definition) is 0. The first kappa shape index (κ1) is 15.5. The molecule has 1 fully saturated rings. The fraction of sp³-hybridized carbons (Fsp3) is 0.316. The number of nitrogens with zero attached hydrogens (tertiary/aromatic N) is 5. The Balaban J connectivity index is 1.47. The monoisotopic (exact) mass is 333 g/mol. The topological polar surface area (TPSA) is 66.8 Å². The van der Waals surface area contributed by atoms with Crippen LogP contribution in [0.25, 0.3) is 10.9 Å². The molecule has 4 rings (SSSR count). The van der Waals surface area contributed by atoms with Gasteiger partial charge in [0.25, 0.3) is 0 Å². The second-order valence-corrected chi connectivity index (χ2v) is 6.56. The van der Waals surface area contributed by atoms with E-state index in [-0.39, 0.29) is 11.9 Å². The van der Waals surface area contributed by atoms with E-state index in [0.717, 1.165) is 29.4 Å². The van der Waals surface area contributed by atoms with E-state index in [1.165, 1.54) is 0 Å². The first-order valence-electron chi connectivity index (χ1n) is 8.40. The van der Waals surface area contributed by atoms with Gasteiger partial charge in [0.1, 0.15) is 6.07 Å². The lowest BCUT2D eigenvalue weighted by Crippen LogP contribution is -2.30. The van der Waals surface area contributed by atoms with Crippen molar-refractivity contribution in [3.63, 3.8) is 0 Å². The van der Waals surface area contributed by atoms with Gasteiger partial charge in [-0.25, -0.2) is 0 Å². The maximum absolute atomic E-state index is 12.7. The molecule has 0 N–H and O–H groups in total. The molecule has 1 amide bonds. The second-order valence-electron chi connectivity index (χ2n) is 6.56. The molecular weight excluding hydrogens is 314 g/mol. The van der Waals surface area contributed by atoms with Crippen LogP contribution in [0.15, 0.2) is 42.9 Å². The molecule has 1 saturated heterocycles. The Bertz CT molecular complexity index is 977. The van der Waals surface area contributed by atoms with Gasteiger partial charge < -0.3 is 9.47 Å². The zero-order valence-electron chi connectivity index (χ0n) is 14.1. The van der Waals surface area contributed by atoms with Gasteiger partial charge in [-0.2, -0.15) is 10.4 Å². The van der Waals surface area contributed by atoms with Crippen molar-refractivity contribution in [1.29, 1.82) is 5.26 Å². The molecule has 25 heavy (non-hydrogen) atoms. The number of carbonyl (C=O) groups is 1. The summed E-state index contributed by atoms with van der Waals surface area (Å²) in [7, 11) is 2.01. The number of para-hydroxylation sites is 1. The number of aromatic nitrogens is 3. The molecule has 1 unspecified atom stereocenters. The van der Waals surface area contributed by atoms with Gasteiger partial charge in [-0.1, -0.05) is 18.2 Å². The Morgan fingerprint density at radius 2 is 2.20 bits per heavy atom. The highest BCUT2D eigenvalue weighted by molar-refractivity contribution is 5.89. The van der Waals surface area contributed by atoms with Gasteiger partial charge >= 0.3 is 0 Å². The Kier molecular flexibility index (Phi) is 3.77. The number of likely N-dealkylation sites (tertiary alicyclic amines) is 1. The SMILES string of the molecule is Cn1cc(CC(=O)N2CCC(n3cc(C#N)cn3)C2)c2ccccc21. The minimum atomic E-state index is 0.145. The summed E-state index contributed by atoms with van der Waals surface area (Å²) in [5, 5.41) is 14.3. The zero-order chi connectivity index (χ0) is 17.4. The molecule has 0 saturated carbocycles. The van der Waals surface area contributed by atoms with Crippen molar-refractivity contribution in [2.45, 2.75) is 18.9 Å². The minimum absolute atomic E-state index is 0.145. The molecule has 1 atom stereocenters. The van der Waals surface area contributed by atoms with Crippen LogP contribution >= 0.6 is 0 Å². The summed E-state index contributed by atoms with van der Waals surface area (Å²) >= 11 is 0. The molecule has 3 heterocycles. The van der Waals surface area contributed by atoms with Crippen molar-refractivity contribution in [2.75, 3.05) is 13.1 Å². The van der Waals surface area contributed by atoms with Crippen LogP contribution in [0.1, 0.15) is 23.6 Å². The number of rotatable bonds is 3. The summed E-state index contributed by atoms with van der Waals surface area (Å²) < 4.78 is 3.88. The summed E-state index contributed by atoms with van der Waals surface area (Å²) in [5.41, 5.74) is 2.77. The summed E-state index contributed by atoms with van der Waals surface area (Å²) in [6.07, 6.45) is 6.65. The Morgan fingerprint density at radius 3 is 3.00 bits per heavy atom. The molecule has 126 valence electrons. The largest absolute Gasteiger partial charge is 0.350 e. The molecule has 6 heteroatoms. The first-order valence-corrected chi connectivity index (χ1v) is 8.40. The quantitative estimate of drug-likeness (QED) is 0.738. The zero-order valence-corrected chi connectivity index (χ0v) is 14.1. The number of hydrogen-bond acceptors (Lipinski definition) is 3. The molecule has 0 radical (unpaired) electrons. The number of benzene rings is 1. The fourth-order valence-electron chi connectivity index (χ4n) is 3.62. The number of fused-ring (bicyclic) bond motifs is 1. The van der Waals surface area contributed by atoms with Crippen LogP contribution in [-0.4, -0.2) is 38.2 Å². The highest BCUT2D eigenvalue weighted by Crippen LogP contribution is 2.24. The summed E-state index contributed by atoms with van der Waals surface area (Å²) in [5.74, 6) is 0.145. The van der Waals surface area contributed by atoms with Crippen molar-refractivity contribution in [2.24, 2.45) is 7.05 Å². The third-order valence-corrected chi connectivity index (χ3v) is 4.94. The van der Waals surface area contributed by atoms with Crippen LogP contribution in [0.3, 0.4) is 0 Å². The van der Waals surface area contributed by atoms with Crippen molar-refractivity contribution < 1.29 is 4.79 Å². The molecule has 0 bridgehead atoms. The second kappa shape index (κ2) is 6.10. The molecular formula is C19H19N5O. The van der Waals surface area contributed by atoms with E-state index in [4.69, 9.17) is 5.26 Å². The standard InChI is InChI=1S/C19H19N5O/c1-22-12-15(17-4-2-3-5-18(17)22)8-19(25)23-7-6-16(13-23)24-11-14(9-20)10-21-24/h2-5,10-12,16H,6-8,13H2,1H3. The van der Waals surface area contributed by atoms with E-state index in [9.17, 15) is 4.79 Å². The van der Waals surface area contributed by atoms with Crippen LogP contribution < -0.4 is 0 Å². The first-order chi connectivity index (χ1) is 12.2. The van der Waals surface area contributed by atoms with Crippen molar-refractivity contribution in [3.8, 4) is 6.07 Å². The smallest absolute Gasteiger partial charge is 0.227 e. The maximum Gasteiger partial charge on any atom is 0.227 e. The van der Waals surface area contributed by atoms with Gasteiger partial charge in [0, 0.05) is 43.4 Å². The Hall–Kier alpha value is -3.07. The van der Waals surface area contributed by atoms with Crippen LogP contribution in [0, 0.1) is 11.3 Å². The lowest BCUT2D eigenvalue weighted by atomic mass is 10.1. The van der Waals surface area contributed by atoms with Crippen molar-refractivity contribution >= 4 is 16.8 Å². The lowest BCUT2D eigenvalue weighted by molar-refractivity contribution is -0.129. The van der Waals surface area contributed by atoms with E-state index in [1.807, 2.05) is 35.0 Å². The van der Waals surface area contributed by atoms with E-state index in [2.05, 4.69) is 27.9 Å². The molecule has 0 spiro atoms. The van der Waals surface area contributed by atoms with E-state index < -0.39 is 0 Å². The molecule has 1 aliphatic heterocycles. The van der Waals surface area contributed by atoms with Crippen LogP contribution in [-0.2, 0) is 18.3 Å². The average molecular weight is 333 g/mol. The predicted molar refractivity (Wildman–Crippen MR) is 93.8 cm³/mol. The van der Waals surface area contributed by atoms with Gasteiger partial charge in [-0.15, -0.1) is 0 Å². The maximum atomic E-state index is 12.7. The highest BCUT2D eigenvalue weighted by atomic mass is 16.2. The van der Waals surface area contributed by atoms with Crippen LogP contribution in [0.4, 0.5) is 0 Å². The molecule has 3 aromatic rings. The van der Waals surface area contributed by atoms with Gasteiger partial charge in [-0.3, -0.25) is 9.48 Å². The summed E-state index contributed by atoms with van der Waals surface area (Å²) in [6.45, 7) is 1.38. The van der Waals surface area contributed by atoms with Gasteiger partial charge in [0.2, 0.25) is 5.91 Å². The fourth-order valence-corrected chi connectivity index (χ4v) is 3.62. The molecule has 1 aromatic carbocycles. The highest BCUT2D eigenvalue weighted by Gasteiger charge is 2.28. The lowest BCUT2D eigenvalue weighted by Gasteiger charge is -2.16. The number of nitriles is 1. The molecule has 2 aromatic heterocycles. The molecule has 0 aliphatic carbocycles.